The number of benzene rings is 2. The van der Waals surface area contributed by atoms with E-state index in [1.54, 1.807) is 0 Å². The molecular formula is C15H13BrFNO2. The third-order valence-electron chi connectivity index (χ3n) is 2.95. The quantitative estimate of drug-likeness (QED) is 0.864. The van der Waals surface area contributed by atoms with Gasteiger partial charge in [0.2, 0.25) is 0 Å². The molecule has 104 valence electrons. The minimum atomic E-state index is -0.755. The highest BCUT2D eigenvalue weighted by atomic mass is 79.9. The first-order valence-electron chi connectivity index (χ1n) is 5.95. The molecule has 2 rings (SSSR count). The fourth-order valence-corrected chi connectivity index (χ4v) is 2.71. The fourth-order valence-electron chi connectivity index (χ4n) is 2.02. The van der Waals surface area contributed by atoms with Crippen LogP contribution in [-0.4, -0.2) is 11.0 Å². The highest BCUT2D eigenvalue weighted by Crippen LogP contribution is 2.27. The van der Waals surface area contributed by atoms with E-state index >= 15 is 0 Å². The summed E-state index contributed by atoms with van der Waals surface area (Å²) in [5.41, 5.74) is 1.96. The second kappa shape index (κ2) is 5.63. The minimum Gasteiger partial charge on any atom is -0.507 e. The highest BCUT2D eigenvalue weighted by molar-refractivity contribution is 9.10. The van der Waals surface area contributed by atoms with Crippen molar-refractivity contribution in [2.75, 3.05) is 5.32 Å². The molecule has 0 heterocycles. The molecule has 0 bridgehead atoms. The maximum atomic E-state index is 13.6. The molecule has 0 saturated heterocycles. The summed E-state index contributed by atoms with van der Waals surface area (Å²) in [7, 11) is 0. The van der Waals surface area contributed by atoms with E-state index in [1.807, 2.05) is 26.0 Å². The van der Waals surface area contributed by atoms with Gasteiger partial charge < -0.3 is 10.4 Å². The summed E-state index contributed by atoms with van der Waals surface area (Å²) < 4.78 is 14.5. The normalized spacial score (nSPS) is 10.4. The van der Waals surface area contributed by atoms with E-state index < -0.39 is 11.7 Å². The first-order chi connectivity index (χ1) is 9.40. The largest absolute Gasteiger partial charge is 0.507 e. The lowest BCUT2D eigenvalue weighted by Gasteiger charge is -2.13. The van der Waals surface area contributed by atoms with E-state index in [0.717, 1.165) is 21.7 Å². The maximum Gasteiger partial charge on any atom is 0.262 e. The molecular weight excluding hydrogens is 325 g/mol. The molecule has 5 heteroatoms. The van der Waals surface area contributed by atoms with E-state index in [2.05, 4.69) is 21.2 Å². The number of aromatic hydroxyl groups is 1. The van der Waals surface area contributed by atoms with Gasteiger partial charge in [0, 0.05) is 10.2 Å². The summed E-state index contributed by atoms with van der Waals surface area (Å²) in [6.45, 7) is 3.68. The van der Waals surface area contributed by atoms with Crippen LogP contribution in [0.15, 0.2) is 34.8 Å². The average Bonchev–Trinajstić information content (AvgIpc) is 2.33. The standard InChI is InChI=1S/C15H13BrFNO2/c1-8-6-10(16)7-9(2)14(8)18-15(20)13-11(17)4-3-5-12(13)19/h3-7,19H,1-2H3,(H,18,20). The number of hydrogen-bond acceptors (Lipinski definition) is 2. The Morgan fingerprint density at radius 1 is 1.25 bits per heavy atom. The number of nitrogens with one attached hydrogen (secondary N) is 1. The van der Waals surface area contributed by atoms with Gasteiger partial charge >= 0.3 is 0 Å². The van der Waals surface area contributed by atoms with Crippen molar-refractivity contribution in [1.29, 1.82) is 0 Å². The zero-order valence-electron chi connectivity index (χ0n) is 11.0. The van der Waals surface area contributed by atoms with E-state index in [0.29, 0.717) is 5.69 Å². The number of anilines is 1. The number of carbonyl (C=O) groups excluding carboxylic acids is 1. The van der Waals surface area contributed by atoms with Crippen LogP contribution in [0.4, 0.5) is 10.1 Å². The van der Waals surface area contributed by atoms with E-state index in [1.165, 1.54) is 12.1 Å². The van der Waals surface area contributed by atoms with Crippen LogP contribution in [0.25, 0.3) is 0 Å². The van der Waals surface area contributed by atoms with Crippen molar-refractivity contribution in [3.8, 4) is 5.75 Å². The molecule has 0 aromatic heterocycles. The van der Waals surface area contributed by atoms with Gasteiger partial charge in [-0.1, -0.05) is 22.0 Å². The second-order valence-electron chi connectivity index (χ2n) is 4.50. The Morgan fingerprint density at radius 3 is 2.40 bits per heavy atom. The van der Waals surface area contributed by atoms with Crippen LogP contribution >= 0.6 is 15.9 Å². The van der Waals surface area contributed by atoms with Gasteiger partial charge in [0.1, 0.15) is 17.1 Å². The SMILES string of the molecule is Cc1cc(Br)cc(C)c1NC(=O)c1c(O)cccc1F. The van der Waals surface area contributed by atoms with Crippen LogP contribution in [0.2, 0.25) is 0 Å². The Hall–Kier alpha value is -1.88. The summed E-state index contributed by atoms with van der Waals surface area (Å²) in [5, 5.41) is 12.3. The molecule has 0 aliphatic heterocycles. The predicted molar refractivity (Wildman–Crippen MR) is 79.6 cm³/mol. The lowest BCUT2D eigenvalue weighted by Crippen LogP contribution is -2.15. The van der Waals surface area contributed by atoms with Crippen molar-refractivity contribution in [3.05, 3.63) is 57.3 Å². The Bertz CT molecular complexity index is 642. The van der Waals surface area contributed by atoms with Crippen LogP contribution in [0.5, 0.6) is 5.75 Å². The molecule has 3 nitrogen and oxygen atoms in total. The van der Waals surface area contributed by atoms with Crippen molar-refractivity contribution in [2.45, 2.75) is 13.8 Å². The van der Waals surface area contributed by atoms with Crippen molar-refractivity contribution in [2.24, 2.45) is 0 Å². The third-order valence-corrected chi connectivity index (χ3v) is 3.41. The van der Waals surface area contributed by atoms with Gasteiger partial charge in [0.15, 0.2) is 0 Å². The minimum absolute atomic E-state index is 0.353. The second-order valence-corrected chi connectivity index (χ2v) is 5.42. The predicted octanol–water partition coefficient (Wildman–Crippen LogP) is 4.16. The monoisotopic (exact) mass is 337 g/mol. The van der Waals surface area contributed by atoms with Crippen LogP contribution in [-0.2, 0) is 0 Å². The molecule has 2 aromatic carbocycles. The molecule has 20 heavy (non-hydrogen) atoms. The molecule has 0 spiro atoms. The maximum absolute atomic E-state index is 13.6. The van der Waals surface area contributed by atoms with Gasteiger partial charge in [0.05, 0.1) is 0 Å². The molecule has 0 radical (unpaired) electrons. The summed E-state index contributed by atoms with van der Waals surface area (Å²) in [5.74, 6) is -1.81. The van der Waals surface area contributed by atoms with Crippen molar-refractivity contribution in [1.82, 2.24) is 0 Å². The first-order valence-corrected chi connectivity index (χ1v) is 6.75. The Kier molecular flexibility index (Phi) is 4.09. The number of amides is 1. The molecule has 0 atom stereocenters. The molecule has 0 saturated carbocycles. The number of carbonyl (C=O) groups is 1. The van der Waals surface area contributed by atoms with Crippen LogP contribution in [0, 0.1) is 19.7 Å². The number of rotatable bonds is 2. The highest BCUT2D eigenvalue weighted by Gasteiger charge is 2.18. The zero-order valence-corrected chi connectivity index (χ0v) is 12.6. The van der Waals surface area contributed by atoms with Crippen molar-refractivity contribution in [3.63, 3.8) is 0 Å². The van der Waals surface area contributed by atoms with Crippen LogP contribution < -0.4 is 5.32 Å². The Balaban J connectivity index is 2.38. The molecule has 0 unspecified atom stereocenters. The van der Waals surface area contributed by atoms with Crippen LogP contribution in [0.1, 0.15) is 21.5 Å². The molecule has 0 fully saturated rings. The summed E-state index contributed by atoms with van der Waals surface area (Å²) in [6.07, 6.45) is 0. The summed E-state index contributed by atoms with van der Waals surface area (Å²) in [6, 6.07) is 7.46. The smallest absolute Gasteiger partial charge is 0.262 e. The summed E-state index contributed by atoms with van der Waals surface area (Å²) >= 11 is 3.37. The van der Waals surface area contributed by atoms with Gasteiger partial charge in [-0.05, 0) is 49.2 Å². The van der Waals surface area contributed by atoms with Gasteiger partial charge in [-0.15, -0.1) is 0 Å². The lowest BCUT2D eigenvalue weighted by atomic mass is 10.1. The van der Waals surface area contributed by atoms with Crippen molar-refractivity contribution >= 4 is 27.5 Å². The van der Waals surface area contributed by atoms with Crippen LogP contribution in [0.3, 0.4) is 0 Å². The first kappa shape index (κ1) is 14.5. The Labute approximate surface area is 124 Å². The summed E-state index contributed by atoms with van der Waals surface area (Å²) in [4.78, 5) is 12.1. The topological polar surface area (TPSA) is 49.3 Å². The van der Waals surface area contributed by atoms with Crippen molar-refractivity contribution < 1.29 is 14.3 Å². The molecule has 2 N–H and O–H groups in total. The number of hydrogen-bond donors (Lipinski definition) is 2. The van der Waals surface area contributed by atoms with Gasteiger partial charge in [0.25, 0.3) is 5.91 Å². The van der Waals surface area contributed by atoms with E-state index in [4.69, 9.17) is 0 Å². The van der Waals surface area contributed by atoms with Gasteiger partial charge in [-0.2, -0.15) is 0 Å². The molecule has 0 aliphatic rings. The molecule has 1 amide bonds. The third kappa shape index (κ3) is 2.82. The van der Waals surface area contributed by atoms with Gasteiger partial charge in [-0.25, -0.2) is 4.39 Å². The van der Waals surface area contributed by atoms with E-state index in [-0.39, 0.29) is 11.3 Å². The molecule has 0 aliphatic carbocycles. The fraction of sp³-hybridized carbons (Fsp3) is 0.133. The van der Waals surface area contributed by atoms with E-state index in [9.17, 15) is 14.3 Å². The van der Waals surface area contributed by atoms with Gasteiger partial charge in [-0.3, -0.25) is 4.79 Å². The lowest BCUT2D eigenvalue weighted by molar-refractivity contribution is 0.102. The number of aryl methyl sites for hydroxylation is 2. The molecule has 2 aromatic rings. The number of phenols is 1. The Morgan fingerprint density at radius 2 is 1.85 bits per heavy atom. The number of halogens is 2. The number of phenolic OH excluding ortho intramolecular Hbond substituents is 1. The average molecular weight is 338 g/mol. The zero-order chi connectivity index (χ0) is 14.9.